The van der Waals surface area contributed by atoms with E-state index in [-0.39, 0.29) is 5.03 Å². The summed E-state index contributed by atoms with van der Waals surface area (Å²) in [7, 11) is -1.76. The van der Waals surface area contributed by atoms with Crippen LogP contribution in [-0.4, -0.2) is 24.2 Å². The van der Waals surface area contributed by atoms with Gasteiger partial charge in [-0.1, -0.05) is 91.0 Å². The zero-order valence-electron chi connectivity index (χ0n) is 17.6. The molecule has 0 bridgehead atoms. The number of nitrogens with zero attached hydrogens (tertiary/aromatic N) is 3. The molecule has 31 heavy (non-hydrogen) atoms. The minimum Gasteiger partial charge on any atom is -0.346 e. The van der Waals surface area contributed by atoms with Gasteiger partial charge in [-0.15, -0.1) is 0 Å². The molecule has 5 nitrogen and oxygen atoms in total. The van der Waals surface area contributed by atoms with Crippen LogP contribution in [0.5, 0.6) is 0 Å². The smallest absolute Gasteiger partial charge is 0.194 e. The van der Waals surface area contributed by atoms with Crippen molar-refractivity contribution in [1.82, 2.24) is 9.55 Å². The number of hydrogen-bond donors (Lipinski definition) is 0. The van der Waals surface area contributed by atoms with E-state index < -0.39 is 9.84 Å². The van der Waals surface area contributed by atoms with Gasteiger partial charge in [-0.25, -0.2) is 13.4 Å². The molecule has 0 aliphatic rings. The summed E-state index contributed by atoms with van der Waals surface area (Å²) in [4.78, 5) is 6.88. The SMILES string of the molecule is Cn1c(-c2ccccc2)nc(N(Cc2ccccc2)Cc2ccccc2)c1S(C)(=O)=O. The van der Waals surface area contributed by atoms with Crippen LogP contribution in [0.2, 0.25) is 0 Å². The average Bonchev–Trinajstić information content (AvgIpc) is 3.13. The van der Waals surface area contributed by atoms with Crippen LogP contribution in [-0.2, 0) is 30.0 Å². The van der Waals surface area contributed by atoms with Gasteiger partial charge < -0.3 is 9.47 Å². The Kier molecular flexibility index (Phi) is 5.91. The van der Waals surface area contributed by atoms with Crippen LogP contribution in [0.1, 0.15) is 11.1 Å². The van der Waals surface area contributed by atoms with Gasteiger partial charge in [-0.05, 0) is 11.1 Å². The van der Waals surface area contributed by atoms with E-state index in [0.717, 1.165) is 16.7 Å². The van der Waals surface area contributed by atoms with Crippen molar-refractivity contribution in [2.75, 3.05) is 11.2 Å². The van der Waals surface area contributed by atoms with Crippen molar-refractivity contribution >= 4 is 15.7 Å². The molecule has 0 aliphatic heterocycles. The van der Waals surface area contributed by atoms with Crippen LogP contribution in [0.25, 0.3) is 11.4 Å². The quantitative estimate of drug-likeness (QED) is 0.426. The molecule has 0 unspecified atom stereocenters. The van der Waals surface area contributed by atoms with E-state index in [1.165, 1.54) is 6.26 Å². The van der Waals surface area contributed by atoms with Crippen LogP contribution in [0.3, 0.4) is 0 Å². The highest BCUT2D eigenvalue weighted by molar-refractivity contribution is 7.90. The number of rotatable bonds is 7. The van der Waals surface area contributed by atoms with Gasteiger partial charge in [0.15, 0.2) is 20.7 Å². The predicted octanol–water partition coefficient (Wildman–Crippen LogP) is 4.70. The molecule has 0 spiro atoms. The largest absolute Gasteiger partial charge is 0.346 e. The lowest BCUT2D eigenvalue weighted by atomic mass is 10.1. The van der Waals surface area contributed by atoms with E-state index in [4.69, 9.17) is 4.98 Å². The van der Waals surface area contributed by atoms with E-state index in [2.05, 4.69) is 0 Å². The molecule has 0 N–H and O–H groups in total. The second kappa shape index (κ2) is 8.78. The van der Waals surface area contributed by atoms with E-state index in [1.54, 1.807) is 11.6 Å². The summed E-state index contributed by atoms with van der Waals surface area (Å²) >= 11 is 0. The minimum atomic E-state index is -3.52. The van der Waals surface area contributed by atoms with Crippen molar-refractivity contribution in [1.29, 1.82) is 0 Å². The summed E-state index contributed by atoms with van der Waals surface area (Å²) in [6.45, 7) is 1.09. The fraction of sp³-hybridized carbons (Fsp3) is 0.160. The van der Waals surface area contributed by atoms with Crippen molar-refractivity contribution in [3.63, 3.8) is 0 Å². The summed E-state index contributed by atoms with van der Waals surface area (Å²) in [5.41, 5.74) is 3.05. The average molecular weight is 432 g/mol. The molecule has 4 rings (SSSR count). The minimum absolute atomic E-state index is 0.221. The molecule has 0 fully saturated rings. The Labute approximate surface area is 183 Å². The van der Waals surface area contributed by atoms with Gasteiger partial charge in [-0.3, -0.25) is 0 Å². The molecule has 3 aromatic carbocycles. The zero-order valence-corrected chi connectivity index (χ0v) is 18.5. The van der Waals surface area contributed by atoms with Gasteiger partial charge in [0.05, 0.1) is 0 Å². The van der Waals surface area contributed by atoms with Gasteiger partial charge in [0.2, 0.25) is 0 Å². The first-order chi connectivity index (χ1) is 14.9. The van der Waals surface area contributed by atoms with E-state index in [1.807, 2.05) is 95.9 Å². The van der Waals surface area contributed by atoms with Gasteiger partial charge >= 0.3 is 0 Å². The standard InChI is InChI=1S/C25H25N3O2S/c1-27-23(22-16-10-5-11-17-22)26-24(25(27)31(2,29)30)28(18-20-12-6-3-7-13-20)19-21-14-8-4-9-15-21/h3-17H,18-19H2,1-2H3. The lowest BCUT2D eigenvalue weighted by Crippen LogP contribution is -2.24. The maximum atomic E-state index is 12.8. The fourth-order valence-electron chi connectivity index (χ4n) is 3.75. The normalized spacial score (nSPS) is 11.4. The third kappa shape index (κ3) is 4.70. The molecular formula is C25H25N3O2S. The number of sulfone groups is 1. The molecule has 0 atom stereocenters. The Morgan fingerprint density at radius 1 is 0.774 bits per heavy atom. The number of aromatic nitrogens is 2. The maximum absolute atomic E-state index is 12.8. The van der Waals surface area contributed by atoms with Crippen LogP contribution in [0, 0.1) is 0 Å². The monoisotopic (exact) mass is 431 g/mol. The van der Waals surface area contributed by atoms with Crippen molar-refractivity contribution in [2.45, 2.75) is 18.1 Å². The first kappa shape index (κ1) is 20.9. The van der Waals surface area contributed by atoms with Crippen molar-refractivity contribution < 1.29 is 8.42 Å². The molecule has 6 heteroatoms. The maximum Gasteiger partial charge on any atom is 0.194 e. The molecule has 158 valence electrons. The zero-order chi connectivity index (χ0) is 21.8. The number of imidazole rings is 1. The summed E-state index contributed by atoms with van der Waals surface area (Å²) in [6, 6.07) is 29.7. The van der Waals surface area contributed by atoms with Gasteiger partial charge in [0.1, 0.15) is 5.82 Å². The lowest BCUT2D eigenvalue weighted by Gasteiger charge is -2.24. The molecule has 1 heterocycles. The number of anilines is 1. The topological polar surface area (TPSA) is 55.2 Å². The highest BCUT2D eigenvalue weighted by Crippen LogP contribution is 2.32. The van der Waals surface area contributed by atoms with E-state index >= 15 is 0 Å². The summed E-state index contributed by atoms with van der Waals surface area (Å²) in [6.07, 6.45) is 1.24. The molecule has 0 amide bonds. The Morgan fingerprint density at radius 2 is 1.23 bits per heavy atom. The molecule has 0 saturated heterocycles. The van der Waals surface area contributed by atoms with Crippen LogP contribution in [0.15, 0.2) is 96.0 Å². The Balaban J connectivity index is 1.86. The van der Waals surface area contributed by atoms with Gasteiger partial charge in [-0.2, -0.15) is 0 Å². The van der Waals surface area contributed by atoms with Crippen LogP contribution in [0.4, 0.5) is 5.82 Å². The summed E-state index contributed by atoms with van der Waals surface area (Å²) in [5, 5.41) is 0.221. The Bertz CT molecular complexity index is 1210. The van der Waals surface area contributed by atoms with Crippen molar-refractivity contribution in [3.8, 4) is 11.4 Å². The van der Waals surface area contributed by atoms with Gasteiger partial charge in [0.25, 0.3) is 0 Å². The second-order valence-electron chi connectivity index (χ2n) is 7.59. The molecule has 0 radical (unpaired) electrons. The molecular weight excluding hydrogens is 406 g/mol. The van der Waals surface area contributed by atoms with E-state index in [9.17, 15) is 8.42 Å². The molecule has 4 aromatic rings. The Morgan fingerprint density at radius 3 is 1.68 bits per heavy atom. The first-order valence-electron chi connectivity index (χ1n) is 10.1. The highest BCUT2D eigenvalue weighted by atomic mass is 32.2. The number of hydrogen-bond acceptors (Lipinski definition) is 4. The van der Waals surface area contributed by atoms with Crippen LogP contribution < -0.4 is 4.90 Å². The Hall–Kier alpha value is -3.38. The fourth-order valence-corrected chi connectivity index (χ4v) is 4.84. The van der Waals surface area contributed by atoms with E-state index in [0.29, 0.717) is 24.7 Å². The molecule has 0 saturated carbocycles. The molecule has 1 aromatic heterocycles. The highest BCUT2D eigenvalue weighted by Gasteiger charge is 2.27. The summed E-state index contributed by atoms with van der Waals surface area (Å²) < 4.78 is 27.4. The third-order valence-corrected chi connectivity index (χ3v) is 6.30. The van der Waals surface area contributed by atoms with Crippen molar-refractivity contribution in [2.24, 2.45) is 7.05 Å². The number of benzene rings is 3. The molecule has 0 aliphatic carbocycles. The predicted molar refractivity (Wildman–Crippen MR) is 125 cm³/mol. The first-order valence-corrected chi connectivity index (χ1v) is 12.0. The van der Waals surface area contributed by atoms with Gasteiger partial charge in [0, 0.05) is 32.0 Å². The second-order valence-corrected chi connectivity index (χ2v) is 9.52. The van der Waals surface area contributed by atoms with Crippen molar-refractivity contribution in [3.05, 3.63) is 102 Å². The third-order valence-electron chi connectivity index (χ3n) is 5.14. The lowest BCUT2D eigenvalue weighted by molar-refractivity contribution is 0.591. The van der Waals surface area contributed by atoms with Crippen LogP contribution >= 0.6 is 0 Å². The summed E-state index contributed by atoms with van der Waals surface area (Å²) in [5.74, 6) is 1.10.